The number of sulfone groups is 1. The molecule has 0 spiro atoms. The molecule has 0 aromatic heterocycles. The topological polar surface area (TPSA) is 70.6 Å². The first-order chi connectivity index (χ1) is 8.85. The molecule has 0 radical (unpaired) electrons. The second-order valence-corrected chi connectivity index (χ2v) is 8.45. The monoisotopic (exact) mass is 287 g/mol. The maximum absolute atomic E-state index is 11.4. The Hall–Kier alpha value is -0.780. The van der Waals surface area contributed by atoms with Gasteiger partial charge in [-0.25, -0.2) is 8.42 Å². The van der Waals surface area contributed by atoms with Crippen LogP contribution in [0.4, 0.5) is 0 Å². The van der Waals surface area contributed by atoms with Crippen LogP contribution in [0.1, 0.15) is 33.6 Å². The Morgan fingerprint density at radius 3 is 2.58 bits per heavy atom. The molecule has 5 nitrogen and oxygen atoms in total. The van der Waals surface area contributed by atoms with Crippen molar-refractivity contribution in [1.82, 2.24) is 10.6 Å². The maximum atomic E-state index is 11.4. The lowest BCUT2D eigenvalue weighted by atomic mass is 10.1. The lowest BCUT2D eigenvalue weighted by Crippen LogP contribution is -2.42. The first kappa shape index (κ1) is 14.6. The summed E-state index contributed by atoms with van der Waals surface area (Å²) in [6.07, 6.45) is 1.94. The first-order valence-corrected chi connectivity index (χ1v) is 8.96. The fraction of sp³-hybridized carbons (Fsp3) is 0.923. The van der Waals surface area contributed by atoms with Crippen LogP contribution >= 0.6 is 0 Å². The number of rotatable bonds is 4. The molecule has 0 amide bonds. The minimum Gasteiger partial charge on any atom is -0.354 e. The highest BCUT2D eigenvalue weighted by Crippen LogP contribution is 2.28. The summed E-state index contributed by atoms with van der Waals surface area (Å²) < 4.78 is 22.8. The van der Waals surface area contributed by atoms with Crippen LogP contribution in [0.2, 0.25) is 0 Å². The van der Waals surface area contributed by atoms with Crippen molar-refractivity contribution in [2.75, 3.05) is 18.1 Å². The van der Waals surface area contributed by atoms with E-state index in [0.717, 1.165) is 12.4 Å². The van der Waals surface area contributed by atoms with Gasteiger partial charge in [-0.2, -0.15) is 0 Å². The largest absolute Gasteiger partial charge is 0.354 e. The van der Waals surface area contributed by atoms with Crippen molar-refractivity contribution in [3.63, 3.8) is 0 Å². The van der Waals surface area contributed by atoms with Gasteiger partial charge in [0, 0.05) is 18.6 Å². The van der Waals surface area contributed by atoms with Gasteiger partial charge in [-0.15, -0.1) is 0 Å². The molecule has 1 saturated carbocycles. The van der Waals surface area contributed by atoms with Crippen LogP contribution in [-0.2, 0) is 9.84 Å². The third kappa shape index (κ3) is 4.67. The molecular weight excluding hydrogens is 262 g/mol. The molecule has 110 valence electrons. The minimum absolute atomic E-state index is 0.187. The number of hydrogen-bond donors (Lipinski definition) is 2. The van der Waals surface area contributed by atoms with Gasteiger partial charge in [0.15, 0.2) is 15.8 Å². The highest BCUT2D eigenvalue weighted by molar-refractivity contribution is 7.91. The zero-order valence-electron chi connectivity index (χ0n) is 12.0. The molecule has 0 aromatic rings. The Kier molecular flexibility index (Phi) is 4.38. The molecule has 6 heteroatoms. The molecule has 1 heterocycles. The second kappa shape index (κ2) is 5.69. The lowest BCUT2D eigenvalue weighted by molar-refractivity contribution is 0.587. The summed E-state index contributed by atoms with van der Waals surface area (Å²) in [6.45, 7) is 6.97. The van der Waals surface area contributed by atoms with Crippen molar-refractivity contribution >= 4 is 15.8 Å². The Morgan fingerprint density at radius 1 is 1.42 bits per heavy atom. The maximum Gasteiger partial charge on any atom is 0.191 e. The number of nitrogens with one attached hydrogen (secondary N) is 2. The van der Waals surface area contributed by atoms with Gasteiger partial charge in [-0.3, -0.25) is 4.99 Å². The van der Waals surface area contributed by atoms with Crippen molar-refractivity contribution < 1.29 is 8.42 Å². The number of guanidine groups is 1. The molecule has 2 aliphatic rings. The van der Waals surface area contributed by atoms with E-state index in [0.29, 0.717) is 36.1 Å². The third-order valence-corrected chi connectivity index (χ3v) is 5.53. The number of hydrogen-bond acceptors (Lipinski definition) is 3. The fourth-order valence-corrected chi connectivity index (χ4v) is 4.19. The molecule has 1 saturated heterocycles. The zero-order valence-corrected chi connectivity index (χ0v) is 12.8. The molecule has 0 aromatic carbocycles. The molecule has 2 rings (SSSR count). The normalized spacial score (nSPS) is 33.5. The molecule has 0 bridgehead atoms. The van der Waals surface area contributed by atoms with Crippen LogP contribution in [0.15, 0.2) is 4.99 Å². The Balaban J connectivity index is 1.88. The van der Waals surface area contributed by atoms with Gasteiger partial charge in [0.1, 0.15) is 0 Å². The van der Waals surface area contributed by atoms with E-state index >= 15 is 0 Å². The van der Waals surface area contributed by atoms with E-state index in [1.807, 2.05) is 0 Å². The van der Waals surface area contributed by atoms with E-state index in [1.54, 1.807) is 0 Å². The molecule has 19 heavy (non-hydrogen) atoms. The minimum atomic E-state index is -2.80. The van der Waals surface area contributed by atoms with Gasteiger partial charge in [-0.05, 0) is 38.5 Å². The van der Waals surface area contributed by atoms with Crippen LogP contribution < -0.4 is 10.6 Å². The Morgan fingerprint density at radius 2 is 2.11 bits per heavy atom. The van der Waals surface area contributed by atoms with Crippen LogP contribution in [0.3, 0.4) is 0 Å². The average Bonchev–Trinajstić information content (AvgIpc) is 2.84. The molecule has 1 aliphatic carbocycles. The third-order valence-electron chi connectivity index (χ3n) is 3.69. The van der Waals surface area contributed by atoms with Gasteiger partial charge in [0.05, 0.1) is 11.5 Å². The van der Waals surface area contributed by atoms with Crippen LogP contribution in [-0.4, -0.2) is 44.5 Å². The average molecular weight is 287 g/mol. The molecule has 2 fully saturated rings. The fourth-order valence-electron chi connectivity index (χ4n) is 2.34. The van der Waals surface area contributed by atoms with Crippen molar-refractivity contribution in [3.05, 3.63) is 0 Å². The summed E-state index contributed by atoms with van der Waals surface area (Å²) in [4.78, 5) is 4.56. The van der Waals surface area contributed by atoms with Crippen LogP contribution in [0.5, 0.6) is 0 Å². The molecular formula is C13H25N3O2S. The molecule has 3 atom stereocenters. The van der Waals surface area contributed by atoms with Crippen LogP contribution in [0, 0.1) is 11.8 Å². The number of nitrogens with zero attached hydrogens (tertiary/aromatic N) is 1. The summed E-state index contributed by atoms with van der Waals surface area (Å²) in [5.41, 5.74) is 0. The number of aliphatic imine (C=N–C) groups is 1. The molecule has 2 N–H and O–H groups in total. The van der Waals surface area contributed by atoms with Gasteiger partial charge in [0.2, 0.25) is 0 Å². The van der Waals surface area contributed by atoms with E-state index in [9.17, 15) is 8.42 Å². The Labute approximate surface area is 116 Å². The summed E-state index contributed by atoms with van der Waals surface area (Å²) >= 11 is 0. The Bertz CT molecular complexity index is 445. The summed E-state index contributed by atoms with van der Waals surface area (Å²) in [6, 6.07) is 0.852. The predicted octanol–water partition coefficient (Wildman–Crippen LogP) is 0.773. The SMILES string of the molecule is CC(C)NC(=NCC1CCS(=O)(=O)C1)NC1CC1C. The van der Waals surface area contributed by atoms with Gasteiger partial charge in [-0.1, -0.05) is 6.92 Å². The highest BCUT2D eigenvalue weighted by atomic mass is 32.2. The molecule has 3 unspecified atom stereocenters. The summed E-state index contributed by atoms with van der Waals surface area (Å²) in [5, 5.41) is 6.71. The van der Waals surface area contributed by atoms with Crippen molar-refractivity contribution in [2.45, 2.75) is 45.7 Å². The predicted molar refractivity (Wildman–Crippen MR) is 78.0 cm³/mol. The first-order valence-electron chi connectivity index (χ1n) is 7.13. The van der Waals surface area contributed by atoms with E-state index in [4.69, 9.17) is 0 Å². The van der Waals surface area contributed by atoms with Crippen molar-refractivity contribution in [3.8, 4) is 0 Å². The second-order valence-electron chi connectivity index (χ2n) is 6.22. The van der Waals surface area contributed by atoms with E-state index in [-0.39, 0.29) is 5.92 Å². The van der Waals surface area contributed by atoms with Gasteiger partial charge < -0.3 is 10.6 Å². The van der Waals surface area contributed by atoms with Crippen molar-refractivity contribution in [1.29, 1.82) is 0 Å². The highest BCUT2D eigenvalue weighted by Gasteiger charge is 2.33. The van der Waals surface area contributed by atoms with Crippen LogP contribution in [0.25, 0.3) is 0 Å². The lowest BCUT2D eigenvalue weighted by Gasteiger charge is -2.16. The smallest absolute Gasteiger partial charge is 0.191 e. The quantitative estimate of drug-likeness (QED) is 0.592. The van der Waals surface area contributed by atoms with E-state index in [2.05, 4.69) is 36.4 Å². The van der Waals surface area contributed by atoms with E-state index < -0.39 is 9.84 Å². The summed E-state index contributed by atoms with van der Waals surface area (Å²) in [7, 11) is -2.80. The summed E-state index contributed by atoms with van der Waals surface area (Å²) in [5.74, 6) is 2.35. The van der Waals surface area contributed by atoms with Gasteiger partial charge in [0.25, 0.3) is 0 Å². The van der Waals surface area contributed by atoms with Gasteiger partial charge >= 0.3 is 0 Å². The van der Waals surface area contributed by atoms with Crippen molar-refractivity contribution in [2.24, 2.45) is 16.8 Å². The zero-order chi connectivity index (χ0) is 14.0. The standard InChI is InChI=1S/C13H25N3O2S/c1-9(2)15-13(16-12-6-10(12)3)14-7-11-4-5-19(17,18)8-11/h9-12H,4-8H2,1-3H3,(H2,14,15,16). The van der Waals surface area contributed by atoms with E-state index in [1.165, 1.54) is 6.42 Å². The molecule has 1 aliphatic heterocycles.